The van der Waals surface area contributed by atoms with Gasteiger partial charge in [-0.1, -0.05) is 37.6 Å². The molecule has 3 heteroatoms. The lowest BCUT2D eigenvalue weighted by Crippen LogP contribution is -2.39. The molecule has 0 saturated heterocycles. The zero-order chi connectivity index (χ0) is 13.7. The summed E-state index contributed by atoms with van der Waals surface area (Å²) in [6.07, 6.45) is 4.54. The first kappa shape index (κ1) is 14.5. The average Bonchev–Trinajstić information content (AvgIpc) is 2.92. The molecule has 0 radical (unpaired) electrons. The fraction of sp³-hybridized carbons (Fsp3) is 0.625. The number of aliphatic hydroxyl groups excluding tert-OH is 1. The van der Waals surface area contributed by atoms with Gasteiger partial charge >= 0.3 is 0 Å². The summed E-state index contributed by atoms with van der Waals surface area (Å²) in [6.45, 7) is 3.04. The first-order chi connectivity index (χ1) is 9.28. The number of nitrogens with one attached hydrogen (secondary N) is 1. The lowest BCUT2D eigenvalue weighted by molar-refractivity contribution is 0.200. The summed E-state index contributed by atoms with van der Waals surface area (Å²) >= 11 is 0. The van der Waals surface area contributed by atoms with E-state index in [9.17, 15) is 5.11 Å². The molecule has 3 atom stereocenters. The van der Waals surface area contributed by atoms with Crippen LogP contribution in [0.4, 0.5) is 0 Å². The van der Waals surface area contributed by atoms with Gasteiger partial charge in [0.05, 0.1) is 0 Å². The first-order valence-corrected chi connectivity index (χ1v) is 7.44. The van der Waals surface area contributed by atoms with Gasteiger partial charge in [-0.05, 0) is 36.3 Å². The molecule has 3 unspecified atom stereocenters. The lowest BCUT2D eigenvalue weighted by atomic mass is 10.00. The van der Waals surface area contributed by atoms with Crippen LogP contribution in [0.5, 0.6) is 0 Å². The molecule has 0 bridgehead atoms. The minimum Gasteiger partial charge on any atom is -0.396 e. The Hall–Kier alpha value is -0.900. The number of hydrogen-bond acceptors (Lipinski definition) is 3. The van der Waals surface area contributed by atoms with E-state index >= 15 is 0 Å². The summed E-state index contributed by atoms with van der Waals surface area (Å²) in [5.74, 6) is 0.393. The van der Waals surface area contributed by atoms with Crippen LogP contribution in [0.25, 0.3) is 0 Å². The standard InChI is InChI=1S/C16H26N2O/c1-2-12-6-8-13(9-7-12)16(10-17)18-15-5-3-4-14(15)11-19/h6-9,14-16,18-19H,2-5,10-11,17H2,1H3. The Labute approximate surface area is 116 Å². The zero-order valence-electron chi connectivity index (χ0n) is 11.8. The van der Waals surface area contributed by atoms with E-state index in [-0.39, 0.29) is 12.6 Å². The molecule has 1 aromatic rings. The van der Waals surface area contributed by atoms with E-state index in [0.29, 0.717) is 18.5 Å². The van der Waals surface area contributed by atoms with Crippen molar-refractivity contribution in [2.75, 3.05) is 13.2 Å². The summed E-state index contributed by atoms with van der Waals surface area (Å²) in [5, 5.41) is 13.0. The van der Waals surface area contributed by atoms with E-state index in [2.05, 4.69) is 36.5 Å². The Bertz CT molecular complexity index is 377. The topological polar surface area (TPSA) is 58.3 Å². The molecule has 19 heavy (non-hydrogen) atoms. The third-order valence-corrected chi connectivity index (χ3v) is 4.33. The molecule has 1 saturated carbocycles. The van der Waals surface area contributed by atoms with Crippen LogP contribution >= 0.6 is 0 Å². The predicted octanol–water partition coefficient (Wildman–Crippen LogP) is 2.00. The number of hydrogen-bond donors (Lipinski definition) is 3. The van der Waals surface area contributed by atoms with Crippen LogP contribution in [0.1, 0.15) is 43.4 Å². The van der Waals surface area contributed by atoms with Crippen molar-refractivity contribution in [3.8, 4) is 0 Å². The molecule has 106 valence electrons. The van der Waals surface area contributed by atoms with Gasteiger partial charge in [-0.25, -0.2) is 0 Å². The van der Waals surface area contributed by atoms with Crippen LogP contribution in [0, 0.1) is 5.92 Å². The lowest BCUT2D eigenvalue weighted by Gasteiger charge is -2.26. The van der Waals surface area contributed by atoms with Crippen LogP contribution in [0.2, 0.25) is 0 Å². The molecule has 0 spiro atoms. The van der Waals surface area contributed by atoms with Crippen molar-refractivity contribution in [1.29, 1.82) is 0 Å². The highest BCUT2D eigenvalue weighted by Gasteiger charge is 2.28. The van der Waals surface area contributed by atoms with Crippen molar-refractivity contribution >= 4 is 0 Å². The second kappa shape index (κ2) is 7.04. The third kappa shape index (κ3) is 3.56. The minimum atomic E-state index is 0.197. The maximum atomic E-state index is 9.39. The monoisotopic (exact) mass is 262 g/mol. The molecule has 1 aromatic carbocycles. The minimum absolute atomic E-state index is 0.197. The smallest absolute Gasteiger partial charge is 0.0474 e. The van der Waals surface area contributed by atoms with Crippen molar-refractivity contribution < 1.29 is 5.11 Å². The van der Waals surface area contributed by atoms with Gasteiger partial charge in [0.2, 0.25) is 0 Å². The molecule has 1 fully saturated rings. The van der Waals surface area contributed by atoms with Gasteiger partial charge in [-0.15, -0.1) is 0 Å². The molecule has 4 N–H and O–H groups in total. The van der Waals surface area contributed by atoms with E-state index in [1.807, 2.05) is 0 Å². The Kier molecular flexibility index (Phi) is 5.37. The Morgan fingerprint density at radius 1 is 1.32 bits per heavy atom. The SMILES string of the molecule is CCc1ccc(C(CN)NC2CCCC2CO)cc1. The molecular formula is C16H26N2O. The highest BCUT2D eigenvalue weighted by molar-refractivity contribution is 5.25. The number of benzene rings is 1. The Morgan fingerprint density at radius 3 is 2.63 bits per heavy atom. The van der Waals surface area contributed by atoms with Crippen molar-refractivity contribution in [3.05, 3.63) is 35.4 Å². The normalized spacial score (nSPS) is 24.6. The average molecular weight is 262 g/mol. The van der Waals surface area contributed by atoms with Crippen molar-refractivity contribution in [2.45, 2.75) is 44.7 Å². The van der Waals surface area contributed by atoms with Crippen molar-refractivity contribution in [1.82, 2.24) is 5.32 Å². The number of aliphatic hydroxyl groups is 1. The van der Waals surface area contributed by atoms with Crippen LogP contribution in [0.3, 0.4) is 0 Å². The quantitative estimate of drug-likeness (QED) is 0.735. The fourth-order valence-corrected chi connectivity index (χ4v) is 3.02. The molecular weight excluding hydrogens is 236 g/mol. The van der Waals surface area contributed by atoms with E-state index in [1.54, 1.807) is 0 Å². The number of rotatable bonds is 6. The Morgan fingerprint density at radius 2 is 2.05 bits per heavy atom. The molecule has 0 aromatic heterocycles. The van der Waals surface area contributed by atoms with Crippen LogP contribution in [-0.2, 0) is 6.42 Å². The summed E-state index contributed by atoms with van der Waals surface area (Å²) in [5.41, 5.74) is 8.52. The van der Waals surface area contributed by atoms with E-state index in [0.717, 1.165) is 19.3 Å². The highest BCUT2D eigenvalue weighted by atomic mass is 16.3. The van der Waals surface area contributed by atoms with Gasteiger partial charge < -0.3 is 16.2 Å². The van der Waals surface area contributed by atoms with Gasteiger partial charge in [-0.2, -0.15) is 0 Å². The molecule has 0 heterocycles. The summed E-state index contributed by atoms with van der Waals surface area (Å²) in [7, 11) is 0. The van der Waals surface area contributed by atoms with E-state index < -0.39 is 0 Å². The Balaban J connectivity index is 2.02. The summed E-state index contributed by atoms with van der Waals surface area (Å²) in [6, 6.07) is 9.31. The van der Waals surface area contributed by atoms with Gasteiger partial charge in [0.1, 0.15) is 0 Å². The van der Waals surface area contributed by atoms with E-state index in [4.69, 9.17) is 5.73 Å². The van der Waals surface area contributed by atoms with Gasteiger partial charge in [0.15, 0.2) is 0 Å². The summed E-state index contributed by atoms with van der Waals surface area (Å²) in [4.78, 5) is 0. The number of aryl methyl sites for hydroxylation is 1. The second-order valence-corrected chi connectivity index (χ2v) is 5.53. The second-order valence-electron chi connectivity index (χ2n) is 5.53. The number of nitrogens with two attached hydrogens (primary N) is 1. The van der Waals surface area contributed by atoms with Gasteiger partial charge in [0, 0.05) is 25.2 Å². The summed E-state index contributed by atoms with van der Waals surface area (Å²) < 4.78 is 0. The molecule has 0 aliphatic heterocycles. The largest absolute Gasteiger partial charge is 0.396 e. The molecule has 1 aliphatic carbocycles. The third-order valence-electron chi connectivity index (χ3n) is 4.33. The van der Waals surface area contributed by atoms with Crippen molar-refractivity contribution in [2.24, 2.45) is 11.7 Å². The van der Waals surface area contributed by atoms with E-state index in [1.165, 1.54) is 17.5 Å². The molecule has 2 rings (SSSR count). The van der Waals surface area contributed by atoms with Crippen LogP contribution in [0.15, 0.2) is 24.3 Å². The highest BCUT2D eigenvalue weighted by Crippen LogP contribution is 2.27. The van der Waals surface area contributed by atoms with Gasteiger partial charge in [0.25, 0.3) is 0 Å². The molecule has 1 aliphatic rings. The fourth-order valence-electron chi connectivity index (χ4n) is 3.02. The van der Waals surface area contributed by atoms with Crippen molar-refractivity contribution in [3.63, 3.8) is 0 Å². The predicted molar refractivity (Wildman–Crippen MR) is 79.0 cm³/mol. The first-order valence-electron chi connectivity index (χ1n) is 7.44. The molecule has 0 amide bonds. The van der Waals surface area contributed by atoms with Gasteiger partial charge in [-0.3, -0.25) is 0 Å². The molecule has 3 nitrogen and oxygen atoms in total. The van der Waals surface area contributed by atoms with Crippen LogP contribution < -0.4 is 11.1 Å². The zero-order valence-corrected chi connectivity index (χ0v) is 11.8. The van der Waals surface area contributed by atoms with Crippen LogP contribution in [-0.4, -0.2) is 24.3 Å². The maximum Gasteiger partial charge on any atom is 0.0474 e. The maximum absolute atomic E-state index is 9.39.